The van der Waals surface area contributed by atoms with Gasteiger partial charge in [-0.05, 0) is 67.3 Å². The van der Waals surface area contributed by atoms with E-state index >= 15 is 0 Å². The van der Waals surface area contributed by atoms with Gasteiger partial charge in [0.25, 0.3) is 10.0 Å². The van der Waals surface area contributed by atoms with Crippen LogP contribution in [0.1, 0.15) is 38.3 Å². The molecule has 0 aliphatic heterocycles. The van der Waals surface area contributed by atoms with Crippen molar-refractivity contribution in [3.8, 4) is 0 Å². The van der Waals surface area contributed by atoms with E-state index in [0.29, 0.717) is 33.6 Å². The zero-order valence-electron chi connectivity index (χ0n) is 23.4. The molecule has 0 radical (unpaired) electrons. The third-order valence-electron chi connectivity index (χ3n) is 6.39. The van der Waals surface area contributed by atoms with Crippen LogP contribution >= 0.6 is 34.8 Å². The molecule has 0 bridgehead atoms. The number of halogens is 3. The number of aryl methyl sites for hydroxylation is 1. The van der Waals surface area contributed by atoms with Crippen LogP contribution in [0.4, 0.5) is 5.69 Å². The van der Waals surface area contributed by atoms with Crippen molar-refractivity contribution in [2.45, 2.75) is 51.6 Å². The van der Waals surface area contributed by atoms with E-state index in [-0.39, 0.29) is 29.0 Å². The third-order valence-corrected chi connectivity index (χ3v) is 9.15. The van der Waals surface area contributed by atoms with Crippen molar-refractivity contribution in [2.75, 3.05) is 17.4 Å². The lowest BCUT2D eigenvalue weighted by Crippen LogP contribution is -2.52. The second kappa shape index (κ2) is 14.4. The summed E-state index contributed by atoms with van der Waals surface area (Å²) in [4.78, 5) is 28.8. The number of carbonyl (C=O) groups is 2. The summed E-state index contributed by atoms with van der Waals surface area (Å²) in [5.74, 6) is -0.697. The molecule has 0 spiro atoms. The number of hydrogen-bond acceptors (Lipinski definition) is 4. The number of benzene rings is 3. The van der Waals surface area contributed by atoms with Crippen molar-refractivity contribution < 1.29 is 18.0 Å². The highest BCUT2D eigenvalue weighted by molar-refractivity contribution is 7.92. The summed E-state index contributed by atoms with van der Waals surface area (Å²) < 4.78 is 28.8. The van der Waals surface area contributed by atoms with Gasteiger partial charge in [-0.1, -0.05) is 85.4 Å². The zero-order chi connectivity index (χ0) is 30.3. The highest BCUT2D eigenvalue weighted by atomic mass is 35.5. The van der Waals surface area contributed by atoms with Crippen molar-refractivity contribution in [1.29, 1.82) is 0 Å². The van der Waals surface area contributed by atoms with Crippen LogP contribution in [0.25, 0.3) is 0 Å². The first-order chi connectivity index (χ1) is 19.3. The highest BCUT2D eigenvalue weighted by Gasteiger charge is 2.33. The lowest BCUT2D eigenvalue weighted by molar-refractivity contribution is -0.140. The number of sulfonamides is 1. The third kappa shape index (κ3) is 8.61. The fraction of sp³-hybridized carbons (Fsp3) is 0.333. The normalized spacial score (nSPS) is 12.2. The molecular weight excluding hydrogens is 605 g/mol. The molecule has 2 amide bonds. The van der Waals surface area contributed by atoms with Crippen LogP contribution in [-0.4, -0.2) is 44.3 Å². The molecular formula is C30H34Cl3N3O4S. The van der Waals surface area contributed by atoms with Gasteiger partial charge in [-0.2, -0.15) is 0 Å². The standard InChI is InChI=1S/C30H34Cl3N3O4S/c1-5-28(30(38)34-17-20(2)3)35(18-22-11-14-26(32)27(33)15-22)29(37)19-36(24-8-6-7-23(31)16-24)41(39,40)25-12-9-21(4)10-13-25/h6-16,20,28H,5,17-19H2,1-4H3,(H,34,38)/t28-/m0/s1. The minimum atomic E-state index is -4.19. The fourth-order valence-electron chi connectivity index (χ4n) is 4.17. The monoisotopic (exact) mass is 637 g/mol. The molecule has 0 fully saturated rings. The van der Waals surface area contributed by atoms with Gasteiger partial charge in [0.2, 0.25) is 11.8 Å². The van der Waals surface area contributed by atoms with Crippen LogP contribution in [-0.2, 0) is 26.2 Å². The quantitative estimate of drug-likeness (QED) is 0.238. The van der Waals surface area contributed by atoms with Crippen LogP contribution in [0.3, 0.4) is 0 Å². The van der Waals surface area contributed by atoms with Crippen LogP contribution in [0.5, 0.6) is 0 Å². The molecule has 0 saturated carbocycles. The highest BCUT2D eigenvalue weighted by Crippen LogP contribution is 2.28. The molecule has 3 aromatic rings. The van der Waals surface area contributed by atoms with Crippen molar-refractivity contribution in [2.24, 2.45) is 5.92 Å². The van der Waals surface area contributed by atoms with Gasteiger partial charge in [0, 0.05) is 18.1 Å². The Labute approximate surface area is 257 Å². The second-order valence-electron chi connectivity index (χ2n) is 10.1. The molecule has 3 aromatic carbocycles. The molecule has 3 rings (SSSR count). The number of anilines is 1. The average molecular weight is 639 g/mol. The van der Waals surface area contributed by atoms with E-state index in [9.17, 15) is 18.0 Å². The van der Waals surface area contributed by atoms with Gasteiger partial charge < -0.3 is 10.2 Å². The van der Waals surface area contributed by atoms with Crippen molar-refractivity contribution in [3.05, 3.63) is 92.9 Å². The van der Waals surface area contributed by atoms with E-state index < -0.39 is 28.5 Å². The summed E-state index contributed by atoms with van der Waals surface area (Å²) in [6, 6.07) is 16.7. The number of carbonyl (C=O) groups excluding carboxylic acids is 2. The molecule has 220 valence electrons. The Bertz CT molecular complexity index is 1480. The van der Waals surface area contributed by atoms with E-state index in [2.05, 4.69) is 5.32 Å². The first-order valence-electron chi connectivity index (χ1n) is 13.2. The van der Waals surface area contributed by atoms with Gasteiger partial charge in [-0.15, -0.1) is 0 Å². The Hall–Kier alpha value is -2.78. The predicted molar refractivity (Wildman–Crippen MR) is 166 cm³/mol. The summed E-state index contributed by atoms with van der Waals surface area (Å²) in [5, 5.41) is 3.87. The van der Waals surface area contributed by atoms with Crippen molar-refractivity contribution >= 4 is 62.3 Å². The molecule has 0 aliphatic carbocycles. The van der Waals surface area contributed by atoms with Crippen molar-refractivity contribution in [1.82, 2.24) is 10.2 Å². The topological polar surface area (TPSA) is 86.8 Å². The maximum atomic E-state index is 14.1. The minimum Gasteiger partial charge on any atom is -0.354 e. The summed E-state index contributed by atoms with van der Waals surface area (Å²) in [7, 11) is -4.19. The molecule has 41 heavy (non-hydrogen) atoms. The van der Waals surface area contributed by atoms with Crippen LogP contribution in [0.2, 0.25) is 15.1 Å². The van der Waals surface area contributed by atoms with E-state index in [0.717, 1.165) is 9.87 Å². The van der Waals surface area contributed by atoms with Gasteiger partial charge in [-0.25, -0.2) is 8.42 Å². The smallest absolute Gasteiger partial charge is 0.264 e. The molecule has 11 heteroatoms. The lowest BCUT2D eigenvalue weighted by Gasteiger charge is -2.33. The predicted octanol–water partition coefficient (Wildman–Crippen LogP) is 6.73. The number of nitrogens with zero attached hydrogens (tertiary/aromatic N) is 2. The molecule has 1 N–H and O–H groups in total. The van der Waals surface area contributed by atoms with Gasteiger partial charge in [0.15, 0.2) is 0 Å². The van der Waals surface area contributed by atoms with Gasteiger partial charge in [0.1, 0.15) is 12.6 Å². The zero-order valence-corrected chi connectivity index (χ0v) is 26.5. The minimum absolute atomic E-state index is 0.0112. The second-order valence-corrected chi connectivity index (χ2v) is 13.3. The first kappa shape index (κ1) is 32.7. The Morgan fingerprint density at radius 3 is 2.20 bits per heavy atom. The average Bonchev–Trinajstić information content (AvgIpc) is 2.92. The molecule has 0 aliphatic rings. The van der Waals surface area contributed by atoms with Crippen molar-refractivity contribution in [3.63, 3.8) is 0 Å². The van der Waals surface area contributed by atoms with Crippen LogP contribution < -0.4 is 9.62 Å². The van der Waals surface area contributed by atoms with Gasteiger partial charge >= 0.3 is 0 Å². The lowest BCUT2D eigenvalue weighted by atomic mass is 10.1. The molecule has 0 heterocycles. The van der Waals surface area contributed by atoms with E-state index in [1.165, 1.54) is 23.1 Å². The maximum Gasteiger partial charge on any atom is 0.264 e. The summed E-state index contributed by atoms with van der Waals surface area (Å²) in [6.45, 7) is 7.47. The molecule has 0 unspecified atom stereocenters. The van der Waals surface area contributed by atoms with Gasteiger partial charge in [-0.3, -0.25) is 13.9 Å². The van der Waals surface area contributed by atoms with E-state index in [1.807, 2.05) is 20.8 Å². The number of nitrogens with one attached hydrogen (secondary N) is 1. The Morgan fingerprint density at radius 2 is 1.61 bits per heavy atom. The molecule has 0 aromatic heterocycles. The fourth-order valence-corrected chi connectivity index (χ4v) is 6.09. The van der Waals surface area contributed by atoms with Crippen LogP contribution in [0, 0.1) is 12.8 Å². The summed E-state index contributed by atoms with van der Waals surface area (Å²) in [5.41, 5.74) is 1.75. The number of amides is 2. The molecule has 7 nitrogen and oxygen atoms in total. The Balaban J connectivity index is 2.06. The van der Waals surface area contributed by atoms with Crippen LogP contribution in [0.15, 0.2) is 71.6 Å². The molecule has 0 saturated heterocycles. The number of rotatable bonds is 12. The largest absolute Gasteiger partial charge is 0.354 e. The Morgan fingerprint density at radius 1 is 0.927 bits per heavy atom. The first-order valence-corrected chi connectivity index (χ1v) is 15.8. The Kier molecular flexibility index (Phi) is 11.5. The summed E-state index contributed by atoms with van der Waals surface area (Å²) in [6.07, 6.45) is 0.304. The van der Waals surface area contributed by atoms with E-state index in [4.69, 9.17) is 34.8 Å². The maximum absolute atomic E-state index is 14.1. The number of hydrogen-bond donors (Lipinski definition) is 1. The van der Waals surface area contributed by atoms with E-state index in [1.54, 1.807) is 55.5 Å². The summed E-state index contributed by atoms with van der Waals surface area (Å²) >= 11 is 18.6. The van der Waals surface area contributed by atoms with Gasteiger partial charge in [0.05, 0.1) is 20.6 Å². The molecule has 1 atom stereocenters. The SMILES string of the molecule is CC[C@@H](C(=O)NCC(C)C)N(Cc1ccc(Cl)c(Cl)c1)C(=O)CN(c1cccc(Cl)c1)S(=O)(=O)c1ccc(C)cc1.